The summed E-state index contributed by atoms with van der Waals surface area (Å²) < 4.78 is 6.76. The summed E-state index contributed by atoms with van der Waals surface area (Å²) >= 11 is 0. The Labute approximate surface area is 117 Å². The maximum absolute atomic E-state index is 11.4. The largest absolute Gasteiger partial charge is 0.394 e. The van der Waals surface area contributed by atoms with Crippen molar-refractivity contribution in [1.29, 1.82) is 0 Å². The molecule has 10 nitrogen and oxygen atoms in total. The van der Waals surface area contributed by atoms with Crippen molar-refractivity contribution in [3.63, 3.8) is 0 Å². The minimum atomic E-state index is -1.69. The number of aromatic amines is 1. The van der Waals surface area contributed by atoms with Crippen LogP contribution < -0.4 is 11.4 Å². The fraction of sp³-hybridized carbons (Fsp3) is 0.545. The molecule has 114 valence electrons. The number of aliphatic hydroxyl groups is 3. The summed E-state index contributed by atoms with van der Waals surface area (Å²) in [5.41, 5.74) is 3.66. The Kier molecular flexibility index (Phi) is 2.99. The quantitative estimate of drug-likeness (QED) is 0.414. The molecule has 3 rings (SSSR count). The number of H-pyrrole nitrogens is 1. The molecule has 6 N–H and O–H groups in total. The third-order valence-corrected chi connectivity index (χ3v) is 3.66. The van der Waals surface area contributed by atoms with Crippen molar-refractivity contribution in [2.75, 3.05) is 12.3 Å². The first-order valence-electron chi connectivity index (χ1n) is 6.25. The van der Waals surface area contributed by atoms with Gasteiger partial charge in [0.15, 0.2) is 11.9 Å². The third-order valence-electron chi connectivity index (χ3n) is 3.66. The number of imidazole rings is 1. The predicted octanol–water partition coefficient (Wildman–Crippen LogP) is -2.30. The van der Waals surface area contributed by atoms with Gasteiger partial charge in [0, 0.05) is 0 Å². The monoisotopic (exact) mass is 297 g/mol. The number of nitrogens with two attached hydrogens (primary N) is 1. The van der Waals surface area contributed by atoms with Gasteiger partial charge in [0.05, 0.1) is 12.9 Å². The van der Waals surface area contributed by atoms with Crippen LogP contribution in [0.25, 0.3) is 11.2 Å². The molecule has 0 aliphatic carbocycles. The molecule has 3 heterocycles. The Morgan fingerprint density at radius 2 is 2.33 bits per heavy atom. The maximum Gasteiger partial charge on any atom is 0.348 e. The van der Waals surface area contributed by atoms with Crippen LogP contribution in [0.1, 0.15) is 13.2 Å². The van der Waals surface area contributed by atoms with E-state index < -0.39 is 36.3 Å². The molecule has 0 aromatic carbocycles. The molecule has 0 radical (unpaired) electrons. The predicted molar refractivity (Wildman–Crippen MR) is 70.2 cm³/mol. The Hall–Kier alpha value is -2.01. The van der Waals surface area contributed by atoms with E-state index in [1.807, 2.05) is 0 Å². The Morgan fingerprint density at radius 3 is 2.95 bits per heavy atom. The summed E-state index contributed by atoms with van der Waals surface area (Å²) in [4.78, 5) is 21.5. The number of anilines is 1. The number of aromatic nitrogens is 4. The number of nitrogens with one attached hydrogen (secondary N) is 1. The van der Waals surface area contributed by atoms with Crippen LogP contribution in [0.4, 0.5) is 5.82 Å². The van der Waals surface area contributed by atoms with Crippen LogP contribution >= 0.6 is 0 Å². The lowest BCUT2D eigenvalue weighted by Gasteiger charge is -2.27. The van der Waals surface area contributed by atoms with Gasteiger partial charge >= 0.3 is 5.69 Å². The summed E-state index contributed by atoms with van der Waals surface area (Å²) in [6, 6.07) is 0. The van der Waals surface area contributed by atoms with Crippen LogP contribution in [0.15, 0.2) is 11.1 Å². The van der Waals surface area contributed by atoms with Crippen LogP contribution in [0.2, 0.25) is 0 Å². The van der Waals surface area contributed by atoms with Crippen LogP contribution in [0.5, 0.6) is 0 Å². The van der Waals surface area contributed by atoms with E-state index in [1.165, 1.54) is 17.8 Å². The average Bonchev–Trinajstić information content (AvgIpc) is 2.91. The van der Waals surface area contributed by atoms with Gasteiger partial charge in [-0.05, 0) is 6.92 Å². The van der Waals surface area contributed by atoms with E-state index in [9.17, 15) is 20.1 Å². The minimum absolute atomic E-state index is 0.0423. The lowest BCUT2D eigenvalue weighted by atomic mass is 9.96. The van der Waals surface area contributed by atoms with E-state index >= 15 is 0 Å². The molecule has 4 atom stereocenters. The molecule has 21 heavy (non-hydrogen) atoms. The van der Waals surface area contributed by atoms with Gasteiger partial charge in [0.2, 0.25) is 0 Å². The second-order valence-corrected chi connectivity index (χ2v) is 5.16. The highest BCUT2D eigenvalue weighted by Crippen LogP contribution is 2.39. The zero-order chi connectivity index (χ0) is 15.4. The van der Waals surface area contributed by atoms with Crippen LogP contribution in [0, 0.1) is 0 Å². The van der Waals surface area contributed by atoms with Crippen molar-refractivity contribution >= 4 is 17.0 Å². The van der Waals surface area contributed by atoms with E-state index in [1.54, 1.807) is 0 Å². The van der Waals surface area contributed by atoms with Crippen molar-refractivity contribution in [2.24, 2.45) is 0 Å². The normalized spacial score (nSPS) is 32.9. The van der Waals surface area contributed by atoms with Crippen LogP contribution in [-0.2, 0) is 4.74 Å². The molecule has 0 unspecified atom stereocenters. The fourth-order valence-electron chi connectivity index (χ4n) is 2.52. The molecule has 10 heteroatoms. The summed E-state index contributed by atoms with van der Waals surface area (Å²) in [6.07, 6.45) is -2.03. The van der Waals surface area contributed by atoms with E-state index in [0.29, 0.717) is 0 Å². The van der Waals surface area contributed by atoms with Gasteiger partial charge in [-0.25, -0.2) is 9.78 Å². The first kappa shape index (κ1) is 13.9. The highest BCUT2D eigenvalue weighted by molar-refractivity contribution is 5.81. The molecule has 0 amide bonds. The average molecular weight is 297 g/mol. The first-order chi connectivity index (χ1) is 9.86. The molecule has 0 bridgehead atoms. The third kappa shape index (κ3) is 1.92. The zero-order valence-corrected chi connectivity index (χ0v) is 11.1. The SMILES string of the molecule is C[C@@]1(O)[C@H](O)[C@@H](CO)O[C@H]1n1cnc2c(N)[nH]c(=O)nc21. The number of hydrogen-bond donors (Lipinski definition) is 5. The highest BCUT2D eigenvalue weighted by atomic mass is 16.6. The topological polar surface area (TPSA) is 160 Å². The molecule has 2 aromatic heterocycles. The Bertz CT molecular complexity index is 738. The van der Waals surface area contributed by atoms with Crippen molar-refractivity contribution in [3.8, 4) is 0 Å². The molecule has 1 aliphatic rings. The second kappa shape index (κ2) is 4.49. The fourth-order valence-corrected chi connectivity index (χ4v) is 2.52. The summed E-state index contributed by atoms with van der Waals surface area (Å²) in [5.74, 6) is 0.0423. The molecule has 1 saturated heterocycles. The molecule has 1 fully saturated rings. The zero-order valence-electron chi connectivity index (χ0n) is 11.1. The molecule has 0 spiro atoms. The lowest BCUT2D eigenvalue weighted by molar-refractivity contribution is -0.0950. The van der Waals surface area contributed by atoms with Crippen LogP contribution in [0.3, 0.4) is 0 Å². The van der Waals surface area contributed by atoms with Gasteiger partial charge in [-0.3, -0.25) is 9.55 Å². The molecular weight excluding hydrogens is 282 g/mol. The van der Waals surface area contributed by atoms with E-state index in [0.717, 1.165) is 0 Å². The van der Waals surface area contributed by atoms with E-state index in [-0.39, 0.29) is 17.0 Å². The molecular formula is C11H15N5O5. The number of rotatable bonds is 2. The van der Waals surface area contributed by atoms with Crippen molar-refractivity contribution < 1.29 is 20.1 Å². The highest BCUT2D eigenvalue weighted by Gasteiger charge is 2.53. The number of nitrogen functional groups attached to an aromatic ring is 1. The van der Waals surface area contributed by atoms with Crippen molar-refractivity contribution in [1.82, 2.24) is 19.5 Å². The number of aliphatic hydroxyl groups excluding tert-OH is 2. The van der Waals surface area contributed by atoms with E-state index in [2.05, 4.69) is 15.0 Å². The lowest BCUT2D eigenvalue weighted by Crippen LogP contribution is -2.44. The Balaban J connectivity index is 2.15. The first-order valence-corrected chi connectivity index (χ1v) is 6.25. The summed E-state index contributed by atoms with van der Waals surface area (Å²) in [6.45, 7) is 0.900. The maximum atomic E-state index is 11.4. The molecule has 1 aliphatic heterocycles. The second-order valence-electron chi connectivity index (χ2n) is 5.16. The van der Waals surface area contributed by atoms with Gasteiger partial charge in [0.1, 0.15) is 29.1 Å². The van der Waals surface area contributed by atoms with Crippen molar-refractivity contribution in [2.45, 2.75) is 31.0 Å². The van der Waals surface area contributed by atoms with Gasteiger partial charge in [-0.2, -0.15) is 4.98 Å². The van der Waals surface area contributed by atoms with Gasteiger partial charge in [-0.15, -0.1) is 0 Å². The van der Waals surface area contributed by atoms with Crippen LogP contribution in [-0.4, -0.2) is 59.3 Å². The molecule has 2 aromatic rings. The molecule has 0 saturated carbocycles. The number of fused-ring (bicyclic) bond motifs is 1. The number of ether oxygens (including phenoxy) is 1. The van der Waals surface area contributed by atoms with E-state index in [4.69, 9.17) is 10.5 Å². The number of nitrogens with zero attached hydrogens (tertiary/aromatic N) is 3. The van der Waals surface area contributed by atoms with Crippen molar-refractivity contribution in [3.05, 3.63) is 16.8 Å². The number of hydrogen-bond acceptors (Lipinski definition) is 8. The van der Waals surface area contributed by atoms with Gasteiger partial charge in [-0.1, -0.05) is 0 Å². The summed E-state index contributed by atoms with van der Waals surface area (Å²) in [5, 5.41) is 29.6. The minimum Gasteiger partial charge on any atom is -0.394 e. The standard InChI is InChI=1S/C11H15N5O5/c1-11(20)6(18)4(2-17)21-9(11)16-3-13-5-7(12)14-10(19)15-8(5)16/h3-4,6,9,17-18,20H,2H2,1H3,(H3,12,14,15,19)/t4-,6-,9-,11-/m1/s1. The van der Waals surface area contributed by atoms with Gasteiger partial charge in [0.25, 0.3) is 0 Å². The smallest absolute Gasteiger partial charge is 0.348 e. The van der Waals surface area contributed by atoms with Gasteiger partial charge < -0.3 is 25.8 Å². The Morgan fingerprint density at radius 1 is 1.62 bits per heavy atom. The summed E-state index contributed by atoms with van der Waals surface area (Å²) in [7, 11) is 0.